The largest absolute Gasteiger partial charge is 0.492 e. The Morgan fingerprint density at radius 2 is 1.24 bits per heavy atom. The van der Waals surface area contributed by atoms with Gasteiger partial charge in [0.1, 0.15) is 45.8 Å². The number of nitrogens with zero attached hydrogens (tertiary/aromatic N) is 6. The van der Waals surface area contributed by atoms with E-state index in [-0.39, 0.29) is 22.3 Å². The second-order valence-electron chi connectivity index (χ2n) is 13.1. The number of allylic oxidation sites excluding steroid dienone is 4. The molecule has 13 heteroatoms. The third-order valence-corrected chi connectivity index (χ3v) is 15.1. The number of hydrogen-bond donors (Lipinski definition) is 0. The summed E-state index contributed by atoms with van der Waals surface area (Å²) in [6.45, 7) is 14.4. The molecule has 0 saturated carbocycles. The monoisotopic (exact) mass is 762 g/mol. The molecule has 0 saturated heterocycles. The molecule has 51 heavy (non-hydrogen) atoms. The summed E-state index contributed by atoms with van der Waals surface area (Å²) in [4.78, 5) is 12.9. The third-order valence-electron chi connectivity index (χ3n) is 8.99. The Balaban J connectivity index is 1.31. The predicted molar refractivity (Wildman–Crippen MR) is 213 cm³/mol. The number of nitriles is 4. The minimum absolute atomic E-state index is 0.178. The normalized spacial score (nSPS) is 15.1. The highest BCUT2D eigenvalue weighted by atomic mass is 32.1. The van der Waals surface area contributed by atoms with Crippen molar-refractivity contribution >= 4 is 108 Å². The van der Waals surface area contributed by atoms with E-state index in [1.807, 2.05) is 59.1 Å². The summed E-state index contributed by atoms with van der Waals surface area (Å²) in [6, 6.07) is 13.4. The van der Waals surface area contributed by atoms with Gasteiger partial charge < -0.3 is 9.47 Å². The lowest BCUT2D eigenvalue weighted by Crippen LogP contribution is -2.15. The summed E-state index contributed by atoms with van der Waals surface area (Å²) in [5, 5.41) is 38.4. The molecule has 2 aliphatic carbocycles. The van der Waals surface area contributed by atoms with Crippen LogP contribution in [-0.4, -0.2) is 24.6 Å². The number of aliphatic imine (C=N–C) groups is 2. The minimum atomic E-state index is -0.334. The number of fused-ring (bicyclic) bond motifs is 6. The zero-order valence-corrected chi connectivity index (χ0v) is 32.8. The lowest BCUT2D eigenvalue weighted by atomic mass is 9.79. The van der Waals surface area contributed by atoms with E-state index in [0.717, 1.165) is 44.5 Å². The van der Waals surface area contributed by atoms with Crippen molar-refractivity contribution in [3.8, 4) is 45.5 Å². The van der Waals surface area contributed by atoms with Gasteiger partial charge >= 0.3 is 0 Å². The maximum absolute atomic E-state index is 9.34. The molecule has 0 unspecified atom stereocenters. The van der Waals surface area contributed by atoms with E-state index in [1.165, 1.54) is 63.1 Å². The molecule has 0 aromatic carbocycles. The van der Waals surface area contributed by atoms with Crippen molar-refractivity contribution in [3.05, 3.63) is 45.2 Å². The summed E-state index contributed by atoms with van der Waals surface area (Å²) in [6.07, 6.45) is 4.05. The molecule has 0 bridgehead atoms. The van der Waals surface area contributed by atoms with Crippen LogP contribution in [0, 0.1) is 50.7 Å². The molecule has 2 aliphatic rings. The third kappa shape index (κ3) is 5.62. The Hall–Kier alpha value is -4.60. The maximum Gasteiger partial charge on any atom is 0.219 e. The summed E-state index contributed by atoms with van der Waals surface area (Å²) < 4.78 is 17.5. The molecule has 7 rings (SSSR count). The van der Waals surface area contributed by atoms with E-state index < -0.39 is 0 Å². The number of ether oxygens (including phenoxy) is 2. The van der Waals surface area contributed by atoms with E-state index in [4.69, 9.17) is 9.47 Å². The van der Waals surface area contributed by atoms with Crippen molar-refractivity contribution in [2.24, 2.45) is 15.4 Å². The molecule has 5 heterocycles. The Kier molecular flexibility index (Phi) is 9.00. The highest BCUT2D eigenvalue weighted by molar-refractivity contribution is 7.40. The minimum Gasteiger partial charge on any atom is -0.492 e. The Morgan fingerprint density at radius 3 is 1.80 bits per heavy atom. The highest BCUT2D eigenvalue weighted by Crippen LogP contribution is 2.67. The zero-order chi connectivity index (χ0) is 36.2. The van der Waals surface area contributed by atoms with Gasteiger partial charge in [0.05, 0.1) is 41.9 Å². The van der Waals surface area contributed by atoms with Crippen molar-refractivity contribution < 1.29 is 9.47 Å². The van der Waals surface area contributed by atoms with E-state index in [1.54, 1.807) is 11.3 Å². The van der Waals surface area contributed by atoms with Gasteiger partial charge in [-0.3, -0.25) is 0 Å². The predicted octanol–water partition coefficient (Wildman–Crippen LogP) is 12.0. The summed E-state index contributed by atoms with van der Waals surface area (Å²) in [5.41, 5.74) is 4.28. The lowest BCUT2D eigenvalue weighted by molar-refractivity contribution is 0.317. The molecule has 0 amide bonds. The fourth-order valence-corrected chi connectivity index (χ4v) is 13.7. The van der Waals surface area contributed by atoms with Crippen LogP contribution in [0.5, 0.6) is 11.5 Å². The van der Waals surface area contributed by atoms with Crippen LogP contribution in [-0.2, 0) is 5.41 Å². The fraction of sp³-hybridized carbons (Fsp3) is 0.316. The van der Waals surface area contributed by atoms with Crippen molar-refractivity contribution in [1.29, 1.82) is 21.0 Å². The van der Waals surface area contributed by atoms with Crippen LogP contribution in [0.1, 0.15) is 69.7 Å². The SMILES string of the molecule is CCCOc1cc(N=C(C#N)C#N)sc1C1=CC2=C(c3sc4c(sc5cc(-c6sc(N=C(C#N)C#N)cc6OCCC)sc54)c3C2(C)C)C1(C)C. The van der Waals surface area contributed by atoms with E-state index in [0.29, 0.717) is 23.2 Å². The first-order chi connectivity index (χ1) is 24.5. The molecule has 254 valence electrons. The quantitative estimate of drug-likeness (QED) is 0.130. The molecular formula is C38H30N6O2S5. The fourth-order valence-electron chi connectivity index (χ4n) is 6.69. The van der Waals surface area contributed by atoms with E-state index in [9.17, 15) is 21.0 Å². The Morgan fingerprint density at radius 1 is 0.667 bits per heavy atom. The van der Waals surface area contributed by atoms with Gasteiger partial charge in [0.2, 0.25) is 11.4 Å². The van der Waals surface area contributed by atoms with Crippen LogP contribution in [0.3, 0.4) is 0 Å². The van der Waals surface area contributed by atoms with Crippen LogP contribution in [0.15, 0.2) is 39.8 Å². The highest BCUT2D eigenvalue weighted by Gasteiger charge is 2.50. The van der Waals surface area contributed by atoms with Crippen LogP contribution in [0.25, 0.3) is 39.7 Å². The number of rotatable bonds is 10. The van der Waals surface area contributed by atoms with Gasteiger partial charge in [-0.25, -0.2) is 9.98 Å². The average Bonchev–Trinajstić information content (AvgIpc) is 3.95. The van der Waals surface area contributed by atoms with Crippen LogP contribution >= 0.6 is 56.7 Å². The van der Waals surface area contributed by atoms with Crippen LogP contribution in [0.2, 0.25) is 0 Å². The summed E-state index contributed by atoms with van der Waals surface area (Å²) in [5.74, 6) is 1.45. The smallest absolute Gasteiger partial charge is 0.219 e. The van der Waals surface area contributed by atoms with Crippen LogP contribution < -0.4 is 9.47 Å². The van der Waals surface area contributed by atoms with Crippen molar-refractivity contribution in [3.63, 3.8) is 0 Å². The Labute approximate surface area is 315 Å². The van der Waals surface area contributed by atoms with Gasteiger partial charge in [-0.05, 0) is 41.2 Å². The first kappa shape index (κ1) is 34.8. The zero-order valence-electron chi connectivity index (χ0n) is 28.7. The molecule has 0 fully saturated rings. The average molecular weight is 763 g/mol. The summed E-state index contributed by atoms with van der Waals surface area (Å²) >= 11 is 8.35. The first-order valence-electron chi connectivity index (χ1n) is 16.3. The van der Waals surface area contributed by atoms with Crippen LogP contribution in [0.4, 0.5) is 10.0 Å². The molecule has 5 aromatic heterocycles. The van der Waals surface area contributed by atoms with Gasteiger partial charge in [0.25, 0.3) is 0 Å². The van der Waals surface area contributed by atoms with Gasteiger partial charge in [0.15, 0.2) is 0 Å². The molecular weight excluding hydrogens is 733 g/mol. The van der Waals surface area contributed by atoms with Gasteiger partial charge in [-0.1, -0.05) is 47.6 Å². The molecule has 8 nitrogen and oxygen atoms in total. The molecule has 0 N–H and O–H groups in total. The standard InChI is InChI=1S/C38H30N6O2S5/c1-7-9-45-23-12-27(43-19(15-39)16-40)49-31(23)22-11-21-29(38(22,5)6)34-30(37(21,3)4)35-36(51-34)33-26(48-35)14-25(47-33)32-24(46-10-8-2)13-28(50-32)44-20(17-41)18-42/h11-14H,7-10H2,1-6H3. The van der Waals surface area contributed by atoms with E-state index >= 15 is 0 Å². The molecule has 5 aromatic rings. The van der Waals surface area contributed by atoms with E-state index in [2.05, 4.69) is 63.7 Å². The second-order valence-corrected chi connectivity index (χ2v) is 18.3. The first-order valence-corrected chi connectivity index (χ1v) is 20.4. The molecule has 0 radical (unpaired) electrons. The number of thiophene rings is 5. The van der Waals surface area contributed by atoms with Crippen molar-refractivity contribution in [1.82, 2.24) is 0 Å². The molecule has 0 atom stereocenters. The number of hydrogen-bond acceptors (Lipinski definition) is 13. The maximum atomic E-state index is 9.34. The topological polar surface area (TPSA) is 138 Å². The second kappa shape index (κ2) is 13.2. The molecule has 0 aliphatic heterocycles. The summed E-state index contributed by atoms with van der Waals surface area (Å²) in [7, 11) is 0. The lowest BCUT2D eigenvalue weighted by Gasteiger charge is -2.26. The Bertz CT molecular complexity index is 2540. The van der Waals surface area contributed by atoms with Crippen molar-refractivity contribution in [2.75, 3.05) is 13.2 Å². The van der Waals surface area contributed by atoms with Gasteiger partial charge in [-0.15, -0.1) is 56.7 Å². The van der Waals surface area contributed by atoms with Crippen molar-refractivity contribution in [2.45, 2.75) is 59.8 Å². The molecule has 0 spiro atoms. The van der Waals surface area contributed by atoms with Gasteiger partial charge in [-0.2, -0.15) is 21.0 Å². The van der Waals surface area contributed by atoms with Gasteiger partial charge in [0, 0.05) is 32.5 Å².